The molecule has 1 radical (unpaired) electrons. The van der Waals surface area contributed by atoms with Gasteiger partial charge in [-0.1, -0.05) is 51.2 Å². The summed E-state index contributed by atoms with van der Waals surface area (Å²) in [5, 5.41) is -2.02. The van der Waals surface area contributed by atoms with E-state index < -0.39 is 33.7 Å². The third-order valence-corrected chi connectivity index (χ3v) is 5.35. The van der Waals surface area contributed by atoms with Gasteiger partial charge in [0.25, 0.3) is 10.1 Å². The van der Waals surface area contributed by atoms with E-state index in [4.69, 9.17) is 14.2 Å². The van der Waals surface area contributed by atoms with Gasteiger partial charge in [0.1, 0.15) is 12.4 Å². The SMILES string of the molecule is CCCCCCCCOC(=O)CC(C(=O)OCc1ccc(OC)cc1)S(=O)(=O)O.[Na]. The fourth-order valence-corrected chi connectivity index (χ4v) is 3.22. The van der Waals surface area contributed by atoms with Crippen LogP contribution < -0.4 is 4.74 Å². The predicted molar refractivity (Wildman–Crippen MR) is 113 cm³/mol. The molecule has 0 spiro atoms. The van der Waals surface area contributed by atoms with Crippen molar-refractivity contribution >= 4 is 51.6 Å². The Morgan fingerprint density at radius 3 is 2.17 bits per heavy atom. The van der Waals surface area contributed by atoms with Crippen LogP contribution in [0, 0.1) is 0 Å². The van der Waals surface area contributed by atoms with E-state index in [1.54, 1.807) is 24.3 Å². The van der Waals surface area contributed by atoms with Crippen LogP contribution in [0.2, 0.25) is 0 Å². The van der Waals surface area contributed by atoms with Gasteiger partial charge in [0.2, 0.25) is 0 Å². The summed E-state index contributed by atoms with van der Waals surface area (Å²) < 4.78 is 47.3. The van der Waals surface area contributed by atoms with Crippen LogP contribution >= 0.6 is 0 Å². The Bertz CT molecular complexity index is 734. The Balaban J connectivity index is 0.00000841. The molecule has 0 aliphatic carbocycles. The van der Waals surface area contributed by atoms with Crippen molar-refractivity contribution in [3.63, 3.8) is 0 Å². The summed E-state index contributed by atoms with van der Waals surface area (Å²) in [6, 6.07) is 6.60. The van der Waals surface area contributed by atoms with Crippen molar-refractivity contribution in [3.05, 3.63) is 29.8 Å². The van der Waals surface area contributed by atoms with Gasteiger partial charge in [0, 0.05) is 29.6 Å². The van der Waals surface area contributed by atoms with Crippen molar-refractivity contribution in [3.8, 4) is 5.75 Å². The van der Waals surface area contributed by atoms with E-state index in [1.165, 1.54) is 7.11 Å². The van der Waals surface area contributed by atoms with Crippen LogP contribution in [-0.2, 0) is 35.8 Å². The van der Waals surface area contributed by atoms with Crippen molar-refractivity contribution in [2.45, 2.75) is 63.7 Å². The van der Waals surface area contributed by atoms with Gasteiger partial charge >= 0.3 is 11.9 Å². The quantitative estimate of drug-likeness (QED) is 0.198. The molecule has 0 amide bonds. The minimum absolute atomic E-state index is 0. The van der Waals surface area contributed by atoms with Gasteiger partial charge < -0.3 is 14.2 Å². The summed E-state index contributed by atoms with van der Waals surface area (Å²) in [5.74, 6) is -1.47. The molecule has 10 heteroatoms. The maximum absolute atomic E-state index is 12.1. The summed E-state index contributed by atoms with van der Waals surface area (Å²) in [4.78, 5) is 24.0. The zero-order chi connectivity index (χ0) is 21.7. The van der Waals surface area contributed by atoms with Crippen molar-refractivity contribution in [1.82, 2.24) is 0 Å². The maximum atomic E-state index is 12.1. The number of esters is 2. The molecule has 1 aromatic carbocycles. The van der Waals surface area contributed by atoms with Crippen LogP contribution in [0.1, 0.15) is 57.4 Å². The molecular weight excluding hydrogens is 423 g/mol. The maximum Gasteiger partial charge on any atom is 0.327 e. The molecule has 0 saturated carbocycles. The van der Waals surface area contributed by atoms with Gasteiger partial charge in [-0.05, 0) is 24.1 Å². The van der Waals surface area contributed by atoms with Crippen LogP contribution in [0.15, 0.2) is 24.3 Å². The van der Waals surface area contributed by atoms with E-state index in [0.29, 0.717) is 17.7 Å². The number of unbranched alkanes of at least 4 members (excludes halogenated alkanes) is 5. The number of benzene rings is 1. The largest absolute Gasteiger partial charge is 0.497 e. The normalized spacial score (nSPS) is 11.8. The minimum atomic E-state index is -4.82. The van der Waals surface area contributed by atoms with Gasteiger partial charge in [-0.3, -0.25) is 14.1 Å². The van der Waals surface area contributed by atoms with Gasteiger partial charge in [-0.2, -0.15) is 8.42 Å². The molecule has 0 fully saturated rings. The summed E-state index contributed by atoms with van der Waals surface area (Å²) in [6.45, 7) is 2.06. The first-order valence-electron chi connectivity index (χ1n) is 9.69. The molecule has 1 aromatic rings. The fraction of sp³-hybridized carbons (Fsp3) is 0.600. The zero-order valence-electron chi connectivity index (χ0n) is 18.0. The van der Waals surface area contributed by atoms with Crippen molar-refractivity contribution < 1.29 is 36.8 Å². The molecular formula is C20H30NaO8S. The molecule has 1 rings (SSSR count). The number of methoxy groups -OCH3 is 1. The Labute approximate surface area is 200 Å². The number of ether oxygens (including phenoxy) is 3. The summed E-state index contributed by atoms with van der Waals surface area (Å²) >= 11 is 0. The Morgan fingerprint density at radius 2 is 1.60 bits per heavy atom. The smallest absolute Gasteiger partial charge is 0.327 e. The van der Waals surface area contributed by atoms with E-state index in [2.05, 4.69) is 6.92 Å². The molecule has 1 unspecified atom stereocenters. The molecule has 8 nitrogen and oxygen atoms in total. The van der Waals surface area contributed by atoms with Crippen LogP contribution in [0.3, 0.4) is 0 Å². The second-order valence-electron chi connectivity index (χ2n) is 6.65. The average molecular weight is 454 g/mol. The van der Waals surface area contributed by atoms with Crippen LogP contribution in [-0.4, -0.2) is 73.4 Å². The van der Waals surface area contributed by atoms with E-state index >= 15 is 0 Å². The van der Waals surface area contributed by atoms with E-state index in [1.807, 2.05) is 0 Å². The summed E-state index contributed by atoms with van der Waals surface area (Å²) in [5.41, 5.74) is 0.596. The average Bonchev–Trinajstić information content (AvgIpc) is 2.69. The monoisotopic (exact) mass is 453 g/mol. The zero-order valence-corrected chi connectivity index (χ0v) is 20.8. The van der Waals surface area contributed by atoms with E-state index in [9.17, 15) is 22.6 Å². The summed E-state index contributed by atoms with van der Waals surface area (Å²) in [7, 11) is -3.30. The number of hydrogen-bond acceptors (Lipinski definition) is 7. The van der Waals surface area contributed by atoms with Crippen LogP contribution in [0.5, 0.6) is 5.75 Å². The van der Waals surface area contributed by atoms with E-state index in [0.717, 1.165) is 32.1 Å². The molecule has 0 bridgehead atoms. The Kier molecular flexibility index (Phi) is 15.0. The van der Waals surface area contributed by atoms with Crippen LogP contribution in [0.4, 0.5) is 0 Å². The number of carbonyl (C=O) groups excluding carboxylic acids is 2. The molecule has 0 heterocycles. The molecule has 165 valence electrons. The van der Waals surface area contributed by atoms with Gasteiger partial charge in [-0.25, -0.2) is 0 Å². The third kappa shape index (κ3) is 11.9. The van der Waals surface area contributed by atoms with E-state index in [-0.39, 0.29) is 42.8 Å². The molecule has 0 aliphatic rings. The van der Waals surface area contributed by atoms with Gasteiger partial charge in [0.05, 0.1) is 20.1 Å². The number of carbonyl (C=O) groups is 2. The molecule has 1 atom stereocenters. The van der Waals surface area contributed by atoms with Crippen molar-refractivity contribution in [1.29, 1.82) is 0 Å². The van der Waals surface area contributed by atoms with Crippen molar-refractivity contribution in [2.24, 2.45) is 0 Å². The summed E-state index contributed by atoms with van der Waals surface area (Å²) in [6.07, 6.45) is 5.23. The van der Waals surface area contributed by atoms with Gasteiger partial charge in [0.15, 0.2) is 5.25 Å². The van der Waals surface area contributed by atoms with Gasteiger partial charge in [-0.15, -0.1) is 0 Å². The second kappa shape index (κ2) is 15.6. The van der Waals surface area contributed by atoms with Crippen molar-refractivity contribution in [2.75, 3.05) is 13.7 Å². The molecule has 0 aromatic heterocycles. The second-order valence-corrected chi connectivity index (χ2v) is 8.25. The topological polar surface area (TPSA) is 116 Å². The molecule has 0 aliphatic heterocycles. The molecule has 1 N–H and O–H groups in total. The third-order valence-electron chi connectivity index (χ3n) is 4.28. The first kappa shape index (κ1) is 28.9. The minimum Gasteiger partial charge on any atom is -0.497 e. The van der Waals surface area contributed by atoms with Crippen LogP contribution in [0.25, 0.3) is 0 Å². The standard InChI is InChI=1S/C20H30O8S.Na/c1-3-4-5-6-7-8-13-27-19(21)14-18(29(23,24)25)20(22)28-15-16-9-11-17(26-2)12-10-16;/h9-12,18H,3-8,13-15H2,1-2H3,(H,23,24,25);. The first-order chi connectivity index (χ1) is 13.8. The first-order valence-corrected chi connectivity index (χ1v) is 11.2. The Hall–Kier alpha value is -1.13. The fourth-order valence-electron chi connectivity index (χ4n) is 2.56. The predicted octanol–water partition coefficient (Wildman–Crippen LogP) is 2.91. The molecule has 30 heavy (non-hydrogen) atoms. The Morgan fingerprint density at radius 1 is 1.00 bits per heavy atom. The number of hydrogen-bond donors (Lipinski definition) is 1. The molecule has 0 saturated heterocycles. The number of rotatable bonds is 14.